The van der Waals surface area contributed by atoms with Crippen molar-refractivity contribution in [2.45, 2.75) is 13.0 Å². The highest BCUT2D eigenvalue weighted by Crippen LogP contribution is 2.09. The fourth-order valence-electron chi connectivity index (χ4n) is 1.32. The van der Waals surface area contributed by atoms with Crippen LogP contribution in [0.3, 0.4) is 0 Å². The van der Waals surface area contributed by atoms with E-state index in [4.69, 9.17) is 0 Å². The van der Waals surface area contributed by atoms with Gasteiger partial charge in [-0.25, -0.2) is 9.37 Å². The Morgan fingerprint density at radius 3 is 2.56 bits per heavy atom. The van der Waals surface area contributed by atoms with Crippen molar-refractivity contribution in [3.05, 3.63) is 29.6 Å². The second-order valence-corrected chi connectivity index (χ2v) is 3.89. The maximum atomic E-state index is 13.3. The Morgan fingerprint density at radius 2 is 2.00 bits per heavy atom. The first-order valence-corrected chi connectivity index (χ1v) is 5.16. The fraction of sp³-hybridized carbons (Fsp3) is 0.364. The molecule has 1 rings (SSSR count). The topological polar surface area (TPSA) is 62.3 Å². The van der Waals surface area contributed by atoms with Crippen molar-refractivity contribution in [3.8, 4) is 0 Å². The van der Waals surface area contributed by atoms with Gasteiger partial charge in [-0.2, -0.15) is 4.39 Å². The third-order valence-electron chi connectivity index (χ3n) is 2.25. The first-order valence-electron chi connectivity index (χ1n) is 5.16. The number of aromatic nitrogens is 1. The smallest absolute Gasteiger partial charge is 0.255 e. The highest BCUT2D eigenvalue weighted by molar-refractivity contribution is 5.97. The summed E-state index contributed by atoms with van der Waals surface area (Å²) in [5.41, 5.74) is -0.485. The Morgan fingerprint density at radius 1 is 1.39 bits per heavy atom. The second kappa shape index (κ2) is 5.52. The molecule has 0 aliphatic heterocycles. The van der Waals surface area contributed by atoms with E-state index in [1.54, 1.807) is 0 Å². The number of nitrogens with zero attached hydrogens (tertiary/aromatic N) is 2. The summed E-state index contributed by atoms with van der Waals surface area (Å²) in [7, 11) is 3.05. The van der Waals surface area contributed by atoms with Crippen LogP contribution in [0.15, 0.2) is 12.3 Å². The zero-order valence-corrected chi connectivity index (χ0v) is 10.2. The van der Waals surface area contributed by atoms with E-state index in [0.29, 0.717) is 0 Å². The summed E-state index contributed by atoms with van der Waals surface area (Å²) in [5, 5.41) is 2.28. The SMILES string of the molecule is CC(NC(=O)c1ccnc(F)c1F)C(=O)N(C)C. The number of likely N-dealkylation sites (N-methyl/N-ethyl adjacent to an activating group) is 1. The monoisotopic (exact) mass is 257 g/mol. The van der Waals surface area contributed by atoms with Crippen LogP contribution in [0.25, 0.3) is 0 Å². The standard InChI is InChI=1S/C11H13F2N3O2/c1-6(11(18)16(2)3)15-10(17)7-4-5-14-9(13)8(7)12/h4-6H,1-3H3,(H,15,17). The molecular formula is C11H13F2N3O2. The van der Waals surface area contributed by atoms with Gasteiger partial charge in [0.15, 0.2) is 5.82 Å². The van der Waals surface area contributed by atoms with Crippen LogP contribution < -0.4 is 5.32 Å². The van der Waals surface area contributed by atoms with Gasteiger partial charge in [0.05, 0.1) is 5.56 Å². The van der Waals surface area contributed by atoms with E-state index in [9.17, 15) is 18.4 Å². The lowest BCUT2D eigenvalue weighted by atomic mass is 10.2. The number of pyridine rings is 1. The van der Waals surface area contributed by atoms with Crippen LogP contribution in [0.1, 0.15) is 17.3 Å². The highest BCUT2D eigenvalue weighted by atomic mass is 19.2. The molecule has 7 heteroatoms. The summed E-state index contributed by atoms with van der Waals surface area (Å²) < 4.78 is 26.1. The molecule has 1 unspecified atom stereocenters. The van der Waals surface area contributed by atoms with Crippen LogP contribution in [0.4, 0.5) is 8.78 Å². The molecule has 0 spiro atoms. The molecule has 1 aromatic heterocycles. The van der Waals surface area contributed by atoms with Gasteiger partial charge in [-0.3, -0.25) is 9.59 Å². The lowest BCUT2D eigenvalue weighted by molar-refractivity contribution is -0.130. The molecule has 0 aromatic carbocycles. The van der Waals surface area contributed by atoms with Gasteiger partial charge in [0.1, 0.15) is 6.04 Å². The van der Waals surface area contributed by atoms with Gasteiger partial charge in [0, 0.05) is 20.3 Å². The summed E-state index contributed by atoms with van der Waals surface area (Å²) in [5.74, 6) is -3.90. The van der Waals surface area contributed by atoms with E-state index in [2.05, 4.69) is 10.3 Å². The minimum absolute atomic E-state index is 0.349. The minimum Gasteiger partial charge on any atom is -0.347 e. The van der Waals surface area contributed by atoms with Crippen LogP contribution >= 0.6 is 0 Å². The second-order valence-electron chi connectivity index (χ2n) is 3.89. The summed E-state index contributed by atoms with van der Waals surface area (Å²) in [4.78, 5) is 27.5. The normalized spacial score (nSPS) is 11.8. The van der Waals surface area contributed by atoms with Gasteiger partial charge in [-0.05, 0) is 13.0 Å². The van der Waals surface area contributed by atoms with E-state index >= 15 is 0 Å². The van der Waals surface area contributed by atoms with Crippen LogP contribution in [0.5, 0.6) is 0 Å². The Hall–Kier alpha value is -2.05. The number of hydrogen-bond acceptors (Lipinski definition) is 3. The molecular weight excluding hydrogens is 244 g/mol. The molecule has 0 saturated heterocycles. The molecule has 98 valence electrons. The van der Waals surface area contributed by atoms with E-state index < -0.39 is 29.3 Å². The molecule has 0 radical (unpaired) electrons. The number of carbonyl (C=O) groups excluding carboxylic acids is 2. The number of halogens is 2. The summed E-state index contributed by atoms with van der Waals surface area (Å²) in [6.07, 6.45) is 0.978. The van der Waals surface area contributed by atoms with Gasteiger partial charge < -0.3 is 10.2 Å². The number of amides is 2. The zero-order chi connectivity index (χ0) is 13.9. The molecule has 1 atom stereocenters. The Kier molecular flexibility index (Phi) is 4.30. The molecule has 5 nitrogen and oxygen atoms in total. The summed E-state index contributed by atoms with van der Waals surface area (Å²) >= 11 is 0. The Labute approximate surface area is 103 Å². The van der Waals surface area contributed by atoms with E-state index in [1.165, 1.54) is 25.9 Å². The zero-order valence-electron chi connectivity index (χ0n) is 10.2. The lowest BCUT2D eigenvalue weighted by Gasteiger charge is -2.18. The molecule has 0 fully saturated rings. The van der Waals surface area contributed by atoms with Crippen molar-refractivity contribution in [2.75, 3.05) is 14.1 Å². The van der Waals surface area contributed by atoms with Crippen molar-refractivity contribution in [1.82, 2.24) is 15.2 Å². The average molecular weight is 257 g/mol. The fourth-order valence-corrected chi connectivity index (χ4v) is 1.32. The van der Waals surface area contributed by atoms with Gasteiger partial charge in [-0.15, -0.1) is 0 Å². The van der Waals surface area contributed by atoms with Crippen molar-refractivity contribution in [2.24, 2.45) is 0 Å². The van der Waals surface area contributed by atoms with Crippen molar-refractivity contribution in [3.63, 3.8) is 0 Å². The van der Waals surface area contributed by atoms with E-state index in [0.717, 1.165) is 12.3 Å². The lowest BCUT2D eigenvalue weighted by Crippen LogP contribution is -2.44. The molecule has 2 amide bonds. The Bertz CT molecular complexity index is 477. The third kappa shape index (κ3) is 2.99. The molecule has 0 aliphatic carbocycles. The maximum Gasteiger partial charge on any atom is 0.255 e. The third-order valence-corrected chi connectivity index (χ3v) is 2.25. The first kappa shape index (κ1) is 14.0. The van der Waals surface area contributed by atoms with Crippen molar-refractivity contribution in [1.29, 1.82) is 0 Å². The van der Waals surface area contributed by atoms with Gasteiger partial charge >= 0.3 is 0 Å². The average Bonchev–Trinajstić information content (AvgIpc) is 2.31. The van der Waals surface area contributed by atoms with Gasteiger partial charge in [0.25, 0.3) is 5.91 Å². The number of rotatable bonds is 3. The quantitative estimate of drug-likeness (QED) is 0.805. The first-order chi connectivity index (χ1) is 8.34. The predicted octanol–water partition coefficient (Wildman–Crippen LogP) is 0.566. The molecule has 1 N–H and O–H groups in total. The highest BCUT2D eigenvalue weighted by Gasteiger charge is 2.21. The van der Waals surface area contributed by atoms with Crippen LogP contribution in [0, 0.1) is 11.8 Å². The molecule has 18 heavy (non-hydrogen) atoms. The van der Waals surface area contributed by atoms with Crippen molar-refractivity contribution >= 4 is 11.8 Å². The molecule has 0 aliphatic rings. The van der Waals surface area contributed by atoms with Crippen molar-refractivity contribution < 1.29 is 18.4 Å². The summed E-state index contributed by atoms with van der Waals surface area (Å²) in [6.45, 7) is 1.45. The van der Waals surface area contributed by atoms with Crippen LogP contribution in [-0.4, -0.2) is 41.8 Å². The van der Waals surface area contributed by atoms with Crippen LogP contribution in [0.2, 0.25) is 0 Å². The molecule has 1 aromatic rings. The largest absolute Gasteiger partial charge is 0.347 e. The molecule has 0 bridgehead atoms. The number of nitrogens with one attached hydrogen (secondary N) is 1. The number of carbonyl (C=O) groups is 2. The summed E-state index contributed by atoms with van der Waals surface area (Å²) in [6, 6.07) is 0.212. The van der Waals surface area contributed by atoms with Gasteiger partial charge in [-0.1, -0.05) is 0 Å². The minimum atomic E-state index is -1.35. The van der Waals surface area contributed by atoms with Gasteiger partial charge in [0.2, 0.25) is 11.9 Å². The van der Waals surface area contributed by atoms with Crippen LogP contribution in [-0.2, 0) is 4.79 Å². The predicted molar refractivity (Wildman–Crippen MR) is 59.8 cm³/mol. The van der Waals surface area contributed by atoms with E-state index in [-0.39, 0.29) is 5.91 Å². The molecule has 0 saturated carbocycles. The van der Waals surface area contributed by atoms with E-state index in [1.807, 2.05) is 0 Å². The maximum absolute atomic E-state index is 13.3. The molecule has 1 heterocycles. The number of hydrogen-bond donors (Lipinski definition) is 1. The Balaban J connectivity index is 2.83.